The fourth-order valence-electron chi connectivity index (χ4n) is 7.27. The number of pyridine rings is 1. The minimum Gasteiger partial charge on any atom is -0.381 e. The SMILES string of the molecule is Cc1cnc(N2CC3(CCOCC3)C2)c(C(=O)Nc2ccc(C(=O)N3CCc4cc(C(=O)Cc5c(F)cccc5F)sc4-c4sccc43)c(F)c2)c1. The Labute approximate surface area is 305 Å². The van der Waals surface area contributed by atoms with E-state index in [-0.39, 0.29) is 28.8 Å². The van der Waals surface area contributed by atoms with Gasteiger partial charge in [0.2, 0.25) is 0 Å². The summed E-state index contributed by atoms with van der Waals surface area (Å²) in [6.45, 7) is 5.14. The number of hydrogen-bond donors (Lipinski definition) is 1. The Morgan fingerprint density at radius 1 is 0.942 bits per heavy atom. The number of carbonyl (C=O) groups excluding carboxylic acids is 3. The smallest absolute Gasteiger partial charge is 0.261 e. The van der Waals surface area contributed by atoms with Crippen molar-refractivity contribution < 1.29 is 32.3 Å². The van der Waals surface area contributed by atoms with E-state index in [1.807, 2.05) is 12.3 Å². The molecule has 5 aromatic rings. The molecule has 2 fully saturated rings. The van der Waals surface area contributed by atoms with E-state index in [9.17, 15) is 23.2 Å². The van der Waals surface area contributed by atoms with Crippen LogP contribution in [0.15, 0.2) is 66.2 Å². The lowest BCUT2D eigenvalue weighted by molar-refractivity contribution is -0.000511. The molecule has 3 aliphatic rings. The molecule has 266 valence electrons. The van der Waals surface area contributed by atoms with Gasteiger partial charge in [-0.2, -0.15) is 0 Å². The molecule has 6 heterocycles. The van der Waals surface area contributed by atoms with Crippen LogP contribution in [0.3, 0.4) is 0 Å². The normalized spacial score (nSPS) is 16.2. The van der Waals surface area contributed by atoms with Crippen LogP contribution in [0.1, 0.15) is 59.9 Å². The molecule has 2 saturated heterocycles. The maximum atomic E-state index is 15.7. The molecular formula is C39H33F3N4O4S2. The molecule has 3 aliphatic heterocycles. The summed E-state index contributed by atoms with van der Waals surface area (Å²) in [4.78, 5) is 50.7. The Kier molecular flexibility index (Phi) is 8.96. The van der Waals surface area contributed by atoms with Crippen LogP contribution in [-0.4, -0.2) is 55.4 Å². The lowest BCUT2D eigenvalue weighted by Gasteiger charge is -2.53. The van der Waals surface area contributed by atoms with E-state index in [0.29, 0.717) is 28.4 Å². The number of rotatable bonds is 7. The lowest BCUT2D eigenvalue weighted by atomic mass is 9.73. The average Bonchev–Trinajstić information content (AvgIpc) is 3.74. The van der Waals surface area contributed by atoms with Crippen molar-refractivity contribution in [2.24, 2.45) is 5.41 Å². The molecule has 0 radical (unpaired) electrons. The standard InChI is InChI=1S/C39H33F3N4O4S2/c1-22-15-27(36(43-19-22)45-20-39(21-45)9-12-50-13-10-39)37(48)44-24-5-6-25(30(42)17-24)38(49)46-11-7-23-16-33(52-34(23)35-31(46)8-14-51-35)32(47)18-26-28(40)3-2-4-29(26)41/h2-6,8,14-17,19H,7,9-13,18,20-21H2,1H3,(H,44,48). The van der Waals surface area contributed by atoms with Gasteiger partial charge < -0.3 is 19.9 Å². The number of thiophene rings is 2. The molecule has 2 amide bonds. The Balaban J connectivity index is 0.981. The minimum atomic E-state index is -0.779. The molecule has 0 unspecified atom stereocenters. The molecule has 1 N–H and O–H groups in total. The highest BCUT2D eigenvalue weighted by atomic mass is 32.1. The van der Waals surface area contributed by atoms with E-state index >= 15 is 4.39 Å². The summed E-state index contributed by atoms with van der Waals surface area (Å²) >= 11 is 2.61. The van der Waals surface area contributed by atoms with Crippen molar-refractivity contribution in [3.63, 3.8) is 0 Å². The van der Waals surface area contributed by atoms with E-state index in [2.05, 4.69) is 15.2 Å². The number of hydrogen-bond acceptors (Lipinski definition) is 8. The van der Waals surface area contributed by atoms with Crippen LogP contribution in [0.4, 0.5) is 30.4 Å². The van der Waals surface area contributed by atoms with Crippen molar-refractivity contribution in [1.29, 1.82) is 0 Å². The van der Waals surface area contributed by atoms with Crippen molar-refractivity contribution >= 4 is 57.5 Å². The molecule has 52 heavy (non-hydrogen) atoms. The first kappa shape index (κ1) is 34.2. The molecule has 0 saturated carbocycles. The number of aryl methyl sites for hydroxylation is 1. The maximum absolute atomic E-state index is 15.7. The molecule has 13 heteroatoms. The summed E-state index contributed by atoms with van der Waals surface area (Å²) in [5.41, 5.74) is 2.59. The van der Waals surface area contributed by atoms with Crippen LogP contribution in [0, 0.1) is 29.8 Å². The highest BCUT2D eigenvalue weighted by Gasteiger charge is 2.45. The van der Waals surface area contributed by atoms with E-state index < -0.39 is 41.5 Å². The Bertz CT molecular complexity index is 2220. The molecule has 3 aromatic heterocycles. The number of anilines is 3. The lowest BCUT2D eigenvalue weighted by Crippen LogP contribution is -2.59. The molecular weight excluding hydrogens is 710 g/mol. The predicted octanol–water partition coefficient (Wildman–Crippen LogP) is 8.09. The summed E-state index contributed by atoms with van der Waals surface area (Å²) in [6, 6.07) is 12.8. The van der Waals surface area contributed by atoms with Gasteiger partial charge in [-0.1, -0.05) is 6.07 Å². The summed E-state index contributed by atoms with van der Waals surface area (Å²) in [6.07, 6.45) is 3.66. The molecule has 8 rings (SSSR count). The van der Waals surface area contributed by atoms with Gasteiger partial charge in [0.1, 0.15) is 23.3 Å². The van der Waals surface area contributed by atoms with Crippen molar-refractivity contribution in [1.82, 2.24) is 4.98 Å². The highest BCUT2D eigenvalue weighted by Crippen LogP contribution is 2.46. The molecule has 8 nitrogen and oxygen atoms in total. The fourth-order valence-corrected chi connectivity index (χ4v) is 9.50. The third kappa shape index (κ3) is 6.30. The number of halogens is 3. The van der Waals surface area contributed by atoms with Gasteiger partial charge >= 0.3 is 0 Å². The Morgan fingerprint density at radius 3 is 2.46 bits per heavy atom. The monoisotopic (exact) mass is 742 g/mol. The quantitative estimate of drug-likeness (QED) is 0.170. The Hall–Kier alpha value is -4.85. The zero-order chi connectivity index (χ0) is 36.1. The molecule has 1 spiro atoms. The minimum absolute atomic E-state index is 0.150. The molecule has 0 bridgehead atoms. The van der Waals surface area contributed by atoms with Crippen LogP contribution in [0.25, 0.3) is 9.75 Å². The number of ketones is 1. The van der Waals surface area contributed by atoms with Crippen LogP contribution < -0.4 is 15.1 Å². The van der Waals surface area contributed by atoms with Gasteiger partial charge in [-0.3, -0.25) is 14.4 Å². The summed E-state index contributed by atoms with van der Waals surface area (Å²) in [5.74, 6) is -3.10. The zero-order valence-corrected chi connectivity index (χ0v) is 29.8. The molecule has 0 aliphatic carbocycles. The van der Waals surface area contributed by atoms with E-state index in [1.165, 1.54) is 45.8 Å². The maximum Gasteiger partial charge on any atom is 0.261 e. The third-order valence-corrected chi connectivity index (χ3v) is 12.4. The van der Waals surface area contributed by atoms with Crippen molar-refractivity contribution in [3.8, 4) is 9.75 Å². The van der Waals surface area contributed by atoms with Crippen LogP contribution >= 0.6 is 22.7 Å². The number of carbonyl (C=O) groups is 3. The summed E-state index contributed by atoms with van der Waals surface area (Å²) in [5, 5.41) is 4.62. The molecule has 0 atom stereocenters. The first-order valence-corrected chi connectivity index (χ1v) is 18.7. The topological polar surface area (TPSA) is 91.8 Å². The van der Waals surface area contributed by atoms with E-state index in [0.717, 1.165) is 78.2 Å². The van der Waals surface area contributed by atoms with Crippen molar-refractivity contribution in [3.05, 3.63) is 116 Å². The number of amides is 2. The first-order chi connectivity index (χ1) is 25.1. The Morgan fingerprint density at radius 2 is 1.71 bits per heavy atom. The summed E-state index contributed by atoms with van der Waals surface area (Å²) < 4.78 is 49.7. The largest absolute Gasteiger partial charge is 0.381 e. The van der Waals surface area contributed by atoms with Crippen LogP contribution in [0.2, 0.25) is 0 Å². The number of Topliss-reactive ketones (excluding diaryl/α,β-unsaturated/α-hetero) is 1. The van der Waals surface area contributed by atoms with E-state index in [4.69, 9.17) is 4.74 Å². The van der Waals surface area contributed by atoms with Crippen molar-refractivity contribution in [2.45, 2.75) is 32.6 Å². The van der Waals surface area contributed by atoms with Crippen LogP contribution in [0.5, 0.6) is 0 Å². The number of aromatic nitrogens is 1. The second-order valence-electron chi connectivity index (χ2n) is 13.6. The third-order valence-electron chi connectivity index (χ3n) is 10.1. The van der Waals surface area contributed by atoms with Gasteiger partial charge in [0, 0.05) is 62.1 Å². The second kappa shape index (κ2) is 13.6. The number of benzene rings is 2. The first-order valence-electron chi connectivity index (χ1n) is 17.0. The summed E-state index contributed by atoms with van der Waals surface area (Å²) in [7, 11) is 0. The average molecular weight is 743 g/mol. The van der Waals surface area contributed by atoms with Gasteiger partial charge in [0.05, 0.1) is 31.4 Å². The second-order valence-corrected chi connectivity index (χ2v) is 15.6. The van der Waals surface area contributed by atoms with E-state index in [1.54, 1.807) is 24.4 Å². The highest BCUT2D eigenvalue weighted by molar-refractivity contribution is 7.23. The fraction of sp³-hybridized carbons (Fsp3) is 0.282. The van der Waals surface area contributed by atoms with Gasteiger partial charge in [-0.05, 0) is 91.2 Å². The van der Waals surface area contributed by atoms with Gasteiger partial charge in [-0.25, -0.2) is 18.2 Å². The van der Waals surface area contributed by atoms with Gasteiger partial charge in [-0.15, -0.1) is 22.7 Å². The van der Waals surface area contributed by atoms with Gasteiger partial charge in [0.25, 0.3) is 11.8 Å². The van der Waals surface area contributed by atoms with Gasteiger partial charge in [0.15, 0.2) is 5.78 Å². The number of nitrogens with zero attached hydrogens (tertiary/aromatic N) is 3. The number of fused-ring (bicyclic) bond motifs is 3. The predicted molar refractivity (Wildman–Crippen MR) is 195 cm³/mol. The number of ether oxygens (including phenoxy) is 1. The zero-order valence-electron chi connectivity index (χ0n) is 28.1. The van der Waals surface area contributed by atoms with Crippen molar-refractivity contribution in [2.75, 3.05) is 48.0 Å². The number of nitrogens with one attached hydrogen (secondary N) is 1. The van der Waals surface area contributed by atoms with Crippen LogP contribution in [-0.2, 0) is 17.6 Å². The molecule has 2 aromatic carbocycles.